The van der Waals surface area contributed by atoms with Crippen molar-refractivity contribution in [3.05, 3.63) is 120 Å². The number of nitrogen functional groups attached to an aromatic ring is 1. The quantitative estimate of drug-likeness (QED) is 0.00899. The van der Waals surface area contributed by atoms with Crippen molar-refractivity contribution in [2.75, 3.05) is 5.73 Å². The van der Waals surface area contributed by atoms with Crippen molar-refractivity contribution >= 4 is 127 Å². The van der Waals surface area contributed by atoms with Crippen LogP contribution >= 0.6 is 12.0 Å². The molecule has 1 atom stereocenters. The van der Waals surface area contributed by atoms with Gasteiger partial charge in [-0.1, -0.05) is 41.4 Å². The Labute approximate surface area is 412 Å². The van der Waals surface area contributed by atoms with Gasteiger partial charge in [-0.15, -0.1) is 29.9 Å². The summed E-state index contributed by atoms with van der Waals surface area (Å²) in [7, 11) is -10.3. The second kappa shape index (κ2) is 20.4. The summed E-state index contributed by atoms with van der Waals surface area (Å²) in [5.74, 6) is -2.52. The van der Waals surface area contributed by atoms with Gasteiger partial charge in [-0.25, -0.2) is 5.26 Å². The lowest BCUT2D eigenvalue weighted by Gasteiger charge is -2.15. The van der Waals surface area contributed by atoms with Crippen LogP contribution in [-0.2, 0) is 41.0 Å². The Kier molecular flexibility index (Phi) is 14.3. The molecule has 368 valence electrons. The van der Waals surface area contributed by atoms with Gasteiger partial charge in [-0.3, -0.25) is 13.7 Å². The van der Waals surface area contributed by atoms with E-state index in [2.05, 4.69) is 50.3 Å². The van der Waals surface area contributed by atoms with Gasteiger partial charge in [0.2, 0.25) is 0 Å². The van der Waals surface area contributed by atoms with Gasteiger partial charge in [0.1, 0.15) is 26.9 Å². The molecule has 0 aromatic heterocycles. The summed E-state index contributed by atoms with van der Waals surface area (Å²) in [4.78, 5) is -1.63. The van der Waals surface area contributed by atoms with Crippen LogP contribution in [0.5, 0.6) is 23.0 Å². The first kappa shape index (κ1) is 50.5. The highest BCUT2D eigenvalue weighted by Gasteiger charge is 2.28. The van der Waals surface area contributed by atoms with Crippen LogP contribution in [-0.4, -0.2) is 55.3 Å². The van der Waals surface area contributed by atoms with Crippen molar-refractivity contribution < 1.29 is 68.8 Å². The third-order valence-electron chi connectivity index (χ3n) is 10.7. The van der Waals surface area contributed by atoms with E-state index >= 15 is 0 Å². The molecule has 0 spiro atoms. The lowest BCUT2D eigenvalue weighted by Crippen LogP contribution is -2.03. The van der Waals surface area contributed by atoms with Crippen molar-refractivity contribution in [1.82, 2.24) is 0 Å². The fourth-order valence-corrected chi connectivity index (χ4v) is 9.38. The first-order valence-electron chi connectivity index (χ1n) is 20.1. The first-order chi connectivity index (χ1) is 34.3. The van der Waals surface area contributed by atoms with Crippen LogP contribution in [0.15, 0.2) is 165 Å². The van der Waals surface area contributed by atoms with E-state index in [4.69, 9.17) is 15.2 Å². The number of azo groups is 4. The Morgan fingerprint density at radius 3 is 1.58 bits per heavy atom. The molecule has 8 aromatic carbocycles. The Bertz CT molecular complexity index is 3890. The number of anilines is 1. The van der Waals surface area contributed by atoms with Crippen LogP contribution in [0.1, 0.15) is 11.1 Å². The van der Waals surface area contributed by atoms with Gasteiger partial charge in [0.25, 0.3) is 20.2 Å². The molecule has 0 heterocycles. The minimum atomic E-state index is -5.22. The molecule has 0 radical (unpaired) electrons. The lowest BCUT2D eigenvalue weighted by atomic mass is 10.0. The summed E-state index contributed by atoms with van der Waals surface area (Å²) in [6.45, 7) is 3.03. The van der Waals surface area contributed by atoms with Crippen molar-refractivity contribution in [3.63, 3.8) is 0 Å². The summed E-state index contributed by atoms with van der Waals surface area (Å²) in [6.07, 6.45) is 0. The van der Waals surface area contributed by atoms with Crippen LogP contribution < -0.4 is 9.92 Å². The number of hydrogen-bond donors (Lipinski definition) is 8. The second-order valence-electron chi connectivity index (χ2n) is 15.0. The molecule has 24 nitrogen and oxygen atoms in total. The van der Waals surface area contributed by atoms with E-state index in [1.165, 1.54) is 37.3 Å². The Morgan fingerprint density at radius 2 is 1.06 bits per heavy atom. The third-order valence-corrected chi connectivity index (χ3v) is 13.4. The number of nitrogens with zero attached hydrogens (tertiary/aromatic N) is 8. The largest absolute Gasteiger partial charge is 0.505 e. The molecule has 0 aliphatic heterocycles. The highest BCUT2D eigenvalue weighted by Crippen LogP contribution is 2.52. The number of rotatable bonds is 15. The molecular formula is C44H33N9O15S4. The molecule has 1 unspecified atom stereocenters. The zero-order chi connectivity index (χ0) is 51.6. The number of phenols is 3. The van der Waals surface area contributed by atoms with Crippen molar-refractivity contribution in [1.29, 1.82) is 0 Å². The molecule has 0 aliphatic carbocycles. The summed E-state index contributed by atoms with van der Waals surface area (Å²) < 4.78 is 103. The van der Waals surface area contributed by atoms with E-state index in [-0.39, 0.29) is 60.2 Å². The summed E-state index contributed by atoms with van der Waals surface area (Å²) in [5.41, 5.74) is 5.23. The van der Waals surface area contributed by atoms with Crippen LogP contribution in [0, 0.1) is 13.8 Å². The maximum atomic E-state index is 12.9. The van der Waals surface area contributed by atoms with E-state index in [0.29, 0.717) is 34.4 Å². The average molecular weight is 1060 g/mol. The van der Waals surface area contributed by atoms with Crippen LogP contribution in [0.3, 0.4) is 0 Å². The highest BCUT2D eigenvalue weighted by atomic mass is 32.2. The zero-order valence-electron chi connectivity index (χ0n) is 36.6. The number of aryl methyl sites for hydroxylation is 2. The Balaban J connectivity index is 1.23. The van der Waals surface area contributed by atoms with Crippen LogP contribution in [0.2, 0.25) is 0 Å². The van der Waals surface area contributed by atoms with Gasteiger partial charge in [-0.2, -0.15) is 36.4 Å². The maximum absolute atomic E-state index is 12.9. The van der Waals surface area contributed by atoms with E-state index < -0.39 is 81.4 Å². The van der Waals surface area contributed by atoms with E-state index in [9.17, 15) is 50.0 Å². The SMILES string of the molecule is Cc1c(N=Nc2c(S(=O)(=O)O)cc3cc(OS(=O)O)c(/N=N/c4ccc5c(O)c(N=Nc6ccccc6)c(SOOO)cc5c4C)c(O)c3c2N)ccc2c(O)c(N=Nc3ccccc3)c(S(=O)(=O)O)cc12. The van der Waals surface area contributed by atoms with E-state index in [1.807, 2.05) is 0 Å². The molecule has 8 rings (SSSR count). The number of fused-ring (bicyclic) bond motifs is 3. The molecular weight excluding hydrogens is 1020 g/mol. The number of benzene rings is 8. The monoisotopic (exact) mass is 1060 g/mol. The number of aromatic hydroxyl groups is 3. The van der Waals surface area contributed by atoms with Crippen molar-refractivity contribution in [2.24, 2.45) is 40.9 Å². The number of hydrogen-bond acceptors (Lipinski definition) is 22. The van der Waals surface area contributed by atoms with Gasteiger partial charge >= 0.3 is 11.4 Å². The van der Waals surface area contributed by atoms with E-state index in [1.54, 1.807) is 67.6 Å². The topological polar surface area (TPSA) is 380 Å². The van der Waals surface area contributed by atoms with Crippen LogP contribution in [0.4, 0.5) is 51.2 Å². The number of phenolic OH excluding ortho intramolecular Hbond substituents is 3. The van der Waals surface area contributed by atoms with Crippen LogP contribution in [0.25, 0.3) is 32.3 Å². The molecule has 0 saturated heterocycles. The number of nitrogens with two attached hydrogens (primary N) is 1. The Hall–Kier alpha value is -7.90. The standard InChI is InChI=1S/C44H33N9O15S4/c1-21-28-19-33(69-68-67-57)39(51-46-24-9-5-3-6-10-24)42(54)26(28)13-15-30(21)48-50-38-32(66-70(58)59)17-23-18-34(71(60,61)62)40(37(45)36(23)44(38)56)52-49-31-16-14-27-29(22(31)2)20-35(72(63,64)65)41(43(27)55)53-47-25-11-7-4-8-12-25/h3-20,54-57H,45H2,1-2H3,(H,58,59)(H,60,61,62)(H,63,64,65)/b50-48+,51-46?,52-49?,53-47?. The molecule has 28 heteroatoms. The predicted octanol–water partition coefficient (Wildman–Crippen LogP) is 12.6. The average Bonchev–Trinajstić information content (AvgIpc) is 3.33. The first-order valence-corrected chi connectivity index (χ1v) is 24.8. The molecule has 72 heavy (non-hydrogen) atoms. The molecule has 0 saturated carbocycles. The molecule has 8 aromatic rings. The third kappa shape index (κ3) is 10.3. The molecule has 0 fully saturated rings. The smallest absolute Gasteiger partial charge is 0.357 e. The van der Waals surface area contributed by atoms with Gasteiger partial charge in [0.15, 0.2) is 28.7 Å². The molecule has 0 aliphatic rings. The van der Waals surface area contributed by atoms with Crippen molar-refractivity contribution in [2.45, 2.75) is 28.5 Å². The minimum Gasteiger partial charge on any atom is -0.505 e. The van der Waals surface area contributed by atoms with Gasteiger partial charge in [0, 0.05) is 10.8 Å². The predicted molar refractivity (Wildman–Crippen MR) is 262 cm³/mol. The van der Waals surface area contributed by atoms with Gasteiger partial charge in [-0.05, 0) is 114 Å². The molecule has 9 N–H and O–H groups in total. The molecule has 0 amide bonds. The fourth-order valence-electron chi connectivity index (χ4n) is 7.29. The zero-order valence-corrected chi connectivity index (χ0v) is 39.8. The Morgan fingerprint density at radius 1 is 0.569 bits per heavy atom. The lowest BCUT2D eigenvalue weighted by molar-refractivity contribution is -0.432. The second-order valence-corrected chi connectivity index (χ2v) is 19.1. The summed E-state index contributed by atoms with van der Waals surface area (Å²) in [6, 6.07) is 26.6. The van der Waals surface area contributed by atoms with E-state index in [0.717, 1.165) is 18.2 Å². The van der Waals surface area contributed by atoms with Gasteiger partial charge < -0.3 is 25.2 Å². The maximum Gasteiger partial charge on any atom is 0.357 e. The summed E-state index contributed by atoms with van der Waals surface area (Å²) in [5, 5.41) is 79.7. The molecule has 0 bridgehead atoms. The normalized spacial score (nSPS) is 13.0. The van der Waals surface area contributed by atoms with Crippen molar-refractivity contribution in [3.8, 4) is 23.0 Å². The fraction of sp³-hybridized carbons (Fsp3) is 0.0455. The minimum absolute atomic E-state index is 0.0244. The summed E-state index contributed by atoms with van der Waals surface area (Å²) >= 11 is -2.57. The van der Waals surface area contributed by atoms with Gasteiger partial charge in [0.05, 0.1) is 50.8 Å². The highest BCUT2D eigenvalue weighted by molar-refractivity contribution is 7.94.